The van der Waals surface area contributed by atoms with E-state index in [0.717, 1.165) is 60.9 Å². The fourth-order valence-corrected chi connectivity index (χ4v) is 9.67. The van der Waals surface area contributed by atoms with Gasteiger partial charge in [-0.2, -0.15) is 0 Å². The van der Waals surface area contributed by atoms with Crippen LogP contribution >= 0.6 is 0 Å². The van der Waals surface area contributed by atoms with Crippen LogP contribution in [0.25, 0.3) is 0 Å². The van der Waals surface area contributed by atoms with E-state index in [0.29, 0.717) is 37.5 Å². The molecule has 9 nitrogen and oxygen atoms in total. The predicted octanol–water partition coefficient (Wildman–Crippen LogP) is 5.12. The van der Waals surface area contributed by atoms with E-state index in [2.05, 4.69) is 48.1 Å². The van der Waals surface area contributed by atoms with Crippen molar-refractivity contribution in [3.63, 3.8) is 0 Å². The van der Waals surface area contributed by atoms with Crippen LogP contribution in [0.2, 0.25) is 0 Å². The Morgan fingerprint density at radius 2 is 1.85 bits per heavy atom. The van der Waals surface area contributed by atoms with Gasteiger partial charge in [0.1, 0.15) is 18.3 Å². The van der Waals surface area contributed by atoms with E-state index in [9.17, 15) is 25.5 Å². The van der Waals surface area contributed by atoms with Gasteiger partial charge >= 0.3 is 0 Å². The molecule has 0 spiro atoms. The van der Waals surface area contributed by atoms with Crippen molar-refractivity contribution in [1.82, 2.24) is 10.3 Å². The van der Waals surface area contributed by atoms with Crippen molar-refractivity contribution < 1.29 is 30.3 Å². The Bertz CT molecular complexity index is 1790. The van der Waals surface area contributed by atoms with Crippen LogP contribution in [0.3, 0.4) is 0 Å². The number of aromatic amines is 1. The van der Waals surface area contributed by atoms with E-state index in [-0.39, 0.29) is 47.0 Å². The summed E-state index contributed by atoms with van der Waals surface area (Å²) in [6.07, 6.45) is 14.2. The third kappa shape index (κ3) is 7.84. The number of aliphatic hydroxyl groups excluding tert-OH is 4. The number of fused-ring (bicyclic) bond motifs is 4. The molecule has 2 aromatic rings. The van der Waals surface area contributed by atoms with Gasteiger partial charge in [0.05, 0.1) is 18.0 Å². The fourth-order valence-electron chi connectivity index (χ4n) is 9.67. The summed E-state index contributed by atoms with van der Waals surface area (Å²) in [5.74, 6) is 7.02. The molecule has 0 amide bonds. The minimum atomic E-state index is -1.26. The van der Waals surface area contributed by atoms with Crippen molar-refractivity contribution in [1.29, 1.82) is 0 Å². The highest BCUT2D eigenvalue weighted by molar-refractivity contribution is 5.53. The smallest absolute Gasteiger partial charge is 0.161 e. The van der Waals surface area contributed by atoms with Crippen LogP contribution in [0.15, 0.2) is 77.8 Å². The molecular weight excluding hydrogens is 666 g/mol. The lowest BCUT2D eigenvalue weighted by molar-refractivity contribution is -0.0609. The van der Waals surface area contributed by atoms with Gasteiger partial charge in [0, 0.05) is 48.0 Å². The molecule has 12 atom stereocenters. The molecule has 1 aromatic heterocycles. The highest BCUT2D eigenvalue weighted by Gasteiger charge is 2.44. The van der Waals surface area contributed by atoms with E-state index < -0.39 is 30.5 Å². The van der Waals surface area contributed by atoms with Crippen molar-refractivity contribution in [2.24, 2.45) is 41.2 Å². The molecule has 7 rings (SSSR count). The molecule has 0 radical (unpaired) electrons. The summed E-state index contributed by atoms with van der Waals surface area (Å²) in [6.45, 7) is 4.93. The molecule has 53 heavy (non-hydrogen) atoms. The lowest BCUT2D eigenvalue weighted by atomic mass is 9.70. The van der Waals surface area contributed by atoms with E-state index in [1.807, 2.05) is 36.5 Å². The second kappa shape index (κ2) is 16.2. The Balaban J connectivity index is 1.26. The van der Waals surface area contributed by atoms with Crippen LogP contribution < -0.4 is 15.8 Å². The van der Waals surface area contributed by atoms with Crippen LogP contribution in [0.5, 0.6) is 11.5 Å². The van der Waals surface area contributed by atoms with Crippen LogP contribution in [-0.4, -0.2) is 67.6 Å². The molecule has 5 aliphatic rings. The first-order chi connectivity index (χ1) is 25.6. The van der Waals surface area contributed by atoms with E-state index >= 15 is 0 Å². The first-order valence-electron chi connectivity index (χ1n) is 19.8. The summed E-state index contributed by atoms with van der Waals surface area (Å²) in [7, 11) is 0. The largest absolute Gasteiger partial charge is 0.504 e. The first kappa shape index (κ1) is 37.4. The number of hydrogen-bond donors (Lipinski definition) is 8. The molecule has 0 saturated carbocycles. The number of nitrogens with one attached hydrogen (secondary N) is 2. The summed E-state index contributed by atoms with van der Waals surface area (Å²) < 4.78 is 6.69. The van der Waals surface area contributed by atoms with E-state index in [1.54, 1.807) is 12.1 Å². The lowest BCUT2D eigenvalue weighted by Gasteiger charge is -2.40. The van der Waals surface area contributed by atoms with Crippen LogP contribution in [0.4, 0.5) is 0 Å². The molecule has 0 bridgehead atoms. The average Bonchev–Trinajstić information content (AvgIpc) is 3.61. The van der Waals surface area contributed by atoms with Crippen LogP contribution in [0.1, 0.15) is 81.5 Å². The Kier molecular flexibility index (Phi) is 11.4. The number of H-pyrrole nitrogens is 1. The third-order valence-electron chi connectivity index (χ3n) is 12.7. The maximum Gasteiger partial charge on any atom is 0.161 e. The molecule has 2 heterocycles. The normalized spacial score (nSPS) is 34.6. The number of dihydropyridines is 1. The van der Waals surface area contributed by atoms with Crippen LogP contribution in [-0.2, 0) is 12.8 Å². The summed E-state index contributed by atoms with van der Waals surface area (Å²) in [4.78, 5) is 3.31. The molecular formula is C44H57N3O6. The number of rotatable bonds is 8. The number of ether oxygens (including phenoxy) is 1. The van der Waals surface area contributed by atoms with Crippen molar-refractivity contribution in [3.8, 4) is 23.3 Å². The van der Waals surface area contributed by atoms with Gasteiger partial charge in [-0.05, 0) is 104 Å². The molecule has 0 saturated heterocycles. The number of phenolic OH excluding ortho intramolecular Hbond substituents is 1. The molecule has 1 aliphatic heterocycles. The number of aromatic nitrogens is 1. The lowest BCUT2D eigenvalue weighted by Crippen LogP contribution is -2.50. The standard InChI is InChI=1S/C44H57N3O6/c1-3-25-8-5-6-10-36(48)42-28(12-11-25)19-32-26(4-2)18-29-20-38(50)40(24-34(29)35(32)23-39(42)51)53-44-31(13-14-37(49)43(44)52)33(22-30-9-7-16-46-30)27-15-17-47-41(45)21-27/h7,9,13-16,19-21,24-26,28,31,33,35-37,39,42-44,46-52H,3-6,8,10,17-18,22-23,45H2,1-2H3. The molecule has 284 valence electrons. The highest BCUT2D eigenvalue weighted by Crippen LogP contribution is 2.51. The third-order valence-corrected chi connectivity index (χ3v) is 12.7. The van der Waals surface area contributed by atoms with Gasteiger partial charge in [-0.25, -0.2) is 0 Å². The number of aliphatic hydroxyl groups is 4. The minimum absolute atomic E-state index is 0.0256. The van der Waals surface area contributed by atoms with E-state index in [1.165, 1.54) is 5.57 Å². The molecule has 1 aromatic carbocycles. The number of aromatic hydroxyl groups is 1. The van der Waals surface area contributed by atoms with Gasteiger partial charge in [0.25, 0.3) is 0 Å². The second-order valence-electron chi connectivity index (χ2n) is 15.9. The Morgan fingerprint density at radius 3 is 2.60 bits per heavy atom. The molecule has 9 N–H and O–H groups in total. The highest BCUT2D eigenvalue weighted by atomic mass is 16.5. The number of phenols is 1. The van der Waals surface area contributed by atoms with Gasteiger partial charge in [0.2, 0.25) is 0 Å². The maximum atomic E-state index is 11.9. The number of hydrogen-bond acceptors (Lipinski definition) is 8. The number of nitrogens with two attached hydrogens (primary N) is 1. The summed E-state index contributed by atoms with van der Waals surface area (Å²) >= 11 is 0. The van der Waals surface area contributed by atoms with E-state index in [4.69, 9.17) is 10.5 Å². The van der Waals surface area contributed by atoms with Crippen molar-refractivity contribution in [3.05, 3.63) is 94.6 Å². The number of allylic oxidation sites excluding steroid dienone is 4. The van der Waals surface area contributed by atoms with Crippen molar-refractivity contribution in [2.75, 3.05) is 6.54 Å². The summed E-state index contributed by atoms with van der Waals surface area (Å²) in [5.41, 5.74) is 11.5. The fraction of sp³-hybridized carbons (Fsp3) is 0.545. The topological polar surface area (TPSA) is 164 Å². The zero-order chi connectivity index (χ0) is 37.2. The van der Waals surface area contributed by atoms with Gasteiger partial charge in [-0.1, -0.05) is 68.4 Å². The number of benzene rings is 1. The van der Waals surface area contributed by atoms with Crippen molar-refractivity contribution >= 4 is 0 Å². The van der Waals surface area contributed by atoms with Gasteiger partial charge < -0.3 is 46.3 Å². The predicted molar refractivity (Wildman–Crippen MR) is 205 cm³/mol. The summed E-state index contributed by atoms with van der Waals surface area (Å²) in [6, 6.07) is 7.64. The molecule has 0 fully saturated rings. The second-order valence-corrected chi connectivity index (χ2v) is 15.9. The molecule has 9 heteroatoms. The van der Waals surface area contributed by atoms with Crippen LogP contribution in [0, 0.1) is 47.3 Å². The Labute approximate surface area is 313 Å². The first-order valence-corrected chi connectivity index (χ1v) is 19.8. The van der Waals surface area contributed by atoms with Gasteiger partial charge in [0.15, 0.2) is 11.5 Å². The zero-order valence-electron chi connectivity index (χ0n) is 31.0. The molecule has 12 unspecified atom stereocenters. The van der Waals surface area contributed by atoms with Gasteiger partial charge in [-0.15, -0.1) is 0 Å². The SMILES string of the molecule is CCC1C#CC2C=C3C(CC)Cc4cc(O)c(OC5C(O)C(O)C=CC5C(Cc5ccc[nH]5)C5=CCNC(N)=C5)cc4C3CC(O)C2C(O)CCCC1. The molecule has 4 aliphatic carbocycles. The summed E-state index contributed by atoms with van der Waals surface area (Å²) in [5, 5.41) is 60.5. The zero-order valence-corrected chi connectivity index (χ0v) is 31.0. The van der Waals surface area contributed by atoms with Crippen molar-refractivity contribution in [2.45, 2.75) is 108 Å². The Morgan fingerprint density at radius 1 is 1.02 bits per heavy atom. The quantitative estimate of drug-likeness (QED) is 0.138. The maximum absolute atomic E-state index is 11.9. The minimum Gasteiger partial charge on any atom is -0.504 e. The Hall–Kier alpha value is -3.94. The monoisotopic (exact) mass is 723 g/mol. The van der Waals surface area contributed by atoms with Gasteiger partial charge in [-0.3, -0.25) is 0 Å². The average molecular weight is 724 g/mol.